The number of carbonyl (C=O) groups is 1. The molecule has 3 rings (SSSR count). The summed E-state index contributed by atoms with van der Waals surface area (Å²) in [5.41, 5.74) is 10.2. The Morgan fingerprint density at radius 1 is 1.08 bits per heavy atom. The van der Waals surface area contributed by atoms with Crippen LogP contribution in [0.1, 0.15) is 27.2 Å². The molecule has 0 bridgehead atoms. The van der Waals surface area contributed by atoms with Crippen LogP contribution < -0.4 is 11.1 Å². The standard InChI is InChI=1S/C20H20N4O/c1-14-7-8-17(23-12-14)19(25)11-15-4-2-5-16(10-15)13-24-18-6-3-9-22-20(18)21/h2-10,12,24H,11,13H2,1H3,(H2,21,22). The van der Waals surface area contributed by atoms with Gasteiger partial charge in [-0.3, -0.25) is 9.78 Å². The quantitative estimate of drug-likeness (QED) is 0.676. The fourth-order valence-electron chi connectivity index (χ4n) is 2.52. The Kier molecular flexibility index (Phi) is 5.04. The Balaban J connectivity index is 1.66. The summed E-state index contributed by atoms with van der Waals surface area (Å²) in [7, 11) is 0. The van der Waals surface area contributed by atoms with Crippen molar-refractivity contribution in [3.05, 3.63) is 83.3 Å². The lowest BCUT2D eigenvalue weighted by atomic mass is 10.0. The molecule has 3 aromatic rings. The maximum atomic E-state index is 12.4. The average molecular weight is 332 g/mol. The topological polar surface area (TPSA) is 80.9 Å². The first kappa shape index (κ1) is 16.6. The molecule has 25 heavy (non-hydrogen) atoms. The van der Waals surface area contributed by atoms with Crippen LogP contribution in [0.2, 0.25) is 0 Å². The van der Waals surface area contributed by atoms with E-state index in [4.69, 9.17) is 5.73 Å². The Hall–Kier alpha value is -3.21. The Labute approximate surface area is 146 Å². The van der Waals surface area contributed by atoms with Crippen LogP contribution in [-0.2, 0) is 13.0 Å². The SMILES string of the molecule is Cc1ccc(C(=O)Cc2cccc(CNc3cccnc3N)c2)nc1. The van der Waals surface area contributed by atoms with Crippen LogP contribution in [0.4, 0.5) is 11.5 Å². The fraction of sp³-hybridized carbons (Fsp3) is 0.150. The van der Waals surface area contributed by atoms with Crippen LogP contribution in [0, 0.1) is 6.92 Å². The smallest absolute Gasteiger partial charge is 0.185 e. The largest absolute Gasteiger partial charge is 0.382 e. The lowest BCUT2D eigenvalue weighted by Gasteiger charge is -2.09. The van der Waals surface area contributed by atoms with Crippen LogP contribution in [0.15, 0.2) is 60.9 Å². The number of hydrogen-bond acceptors (Lipinski definition) is 5. The molecule has 0 fully saturated rings. The minimum Gasteiger partial charge on any atom is -0.382 e. The Morgan fingerprint density at radius 2 is 1.92 bits per heavy atom. The number of nitrogens with one attached hydrogen (secondary N) is 1. The number of anilines is 2. The minimum absolute atomic E-state index is 0.0154. The first-order valence-corrected chi connectivity index (χ1v) is 8.10. The molecule has 0 unspecified atom stereocenters. The maximum absolute atomic E-state index is 12.4. The zero-order valence-electron chi connectivity index (χ0n) is 14.1. The molecule has 5 nitrogen and oxygen atoms in total. The number of carbonyl (C=O) groups excluding carboxylic acids is 1. The van der Waals surface area contributed by atoms with Crippen molar-refractivity contribution >= 4 is 17.3 Å². The average Bonchev–Trinajstić information content (AvgIpc) is 2.62. The summed E-state index contributed by atoms with van der Waals surface area (Å²) in [6, 6.07) is 15.3. The van der Waals surface area contributed by atoms with Gasteiger partial charge >= 0.3 is 0 Å². The summed E-state index contributed by atoms with van der Waals surface area (Å²) in [5.74, 6) is 0.487. The van der Waals surface area contributed by atoms with E-state index in [9.17, 15) is 4.79 Å². The van der Waals surface area contributed by atoms with Crippen molar-refractivity contribution in [2.45, 2.75) is 19.9 Å². The number of aromatic nitrogens is 2. The first-order valence-electron chi connectivity index (χ1n) is 8.10. The third-order valence-corrected chi connectivity index (χ3v) is 3.87. The molecule has 0 spiro atoms. The van der Waals surface area contributed by atoms with E-state index in [1.165, 1.54) is 0 Å². The highest BCUT2D eigenvalue weighted by atomic mass is 16.1. The van der Waals surface area contributed by atoms with Crippen molar-refractivity contribution in [2.75, 3.05) is 11.1 Å². The van der Waals surface area contributed by atoms with Gasteiger partial charge in [0.25, 0.3) is 0 Å². The summed E-state index contributed by atoms with van der Waals surface area (Å²) in [4.78, 5) is 20.6. The van der Waals surface area contributed by atoms with Gasteiger partial charge in [0.1, 0.15) is 11.5 Å². The highest BCUT2D eigenvalue weighted by Gasteiger charge is 2.09. The number of rotatable bonds is 6. The van der Waals surface area contributed by atoms with E-state index in [0.29, 0.717) is 24.5 Å². The molecule has 5 heteroatoms. The molecule has 2 heterocycles. The molecule has 1 aromatic carbocycles. The van der Waals surface area contributed by atoms with Crippen LogP contribution in [-0.4, -0.2) is 15.8 Å². The number of nitrogens with two attached hydrogens (primary N) is 1. The molecule has 0 atom stereocenters. The van der Waals surface area contributed by atoms with Gasteiger partial charge in [0.2, 0.25) is 0 Å². The summed E-state index contributed by atoms with van der Waals surface area (Å²) in [6.07, 6.45) is 3.71. The van der Waals surface area contributed by atoms with Crippen molar-refractivity contribution in [1.82, 2.24) is 9.97 Å². The van der Waals surface area contributed by atoms with Crippen molar-refractivity contribution in [3.63, 3.8) is 0 Å². The van der Waals surface area contributed by atoms with E-state index < -0.39 is 0 Å². The van der Waals surface area contributed by atoms with Crippen LogP contribution in [0.25, 0.3) is 0 Å². The molecule has 126 valence electrons. The van der Waals surface area contributed by atoms with Gasteiger partial charge in [-0.05, 0) is 41.8 Å². The van der Waals surface area contributed by atoms with Gasteiger partial charge in [0, 0.05) is 25.4 Å². The van der Waals surface area contributed by atoms with Crippen LogP contribution >= 0.6 is 0 Å². The van der Waals surface area contributed by atoms with E-state index in [1.54, 1.807) is 18.5 Å². The summed E-state index contributed by atoms with van der Waals surface area (Å²) < 4.78 is 0. The number of hydrogen-bond donors (Lipinski definition) is 2. The number of ketones is 1. The third-order valence-electron chi connectivity index (χ3n) is 3.87. The van der Waals surface area contributed by atoms with E-state index in [2.05, 4.69) is 15.3 Å². The fourth-order valence-corrected chi connectivity index (χ4v) is 2.52. The molecule has 0 aliphatic heterocycles. The van der Waals surface area contributed by atoms with Gasteiger partial charge < -0.3 is 11.1 Å². The van der Waals surface area contributed by atoms with Gasteiger partial charge in [-0.25, -0.2) is 4.98 Å². The van der Waals surface area contributed by atoms with Crippen LogP contribution in [0.5, 0.6) is 0 Å². The molecule has 3 N–H and O–H groups in total. The van der Waals surface area contributed by atoms with Crippen LogP contribution in [0.3, 0.4) is 0 Å². The Bertz CT molecular complexity index is 875. The van der Waals surface area contributed by atoms with Crippen molar-refractivity contribution in [1.29, 1.82) is 0 Å². The third kappa shape index (κ3) is 4.41. The number of nitrogens with zero attached hydrogens (tertiary/aromatic N) is 2. The molecule has 0 saturated heterocycles. The highest BCUT2D eigenvalue weighted by molar-refractivity contribution is 5.95. The normalized spacial score (nSPS) is 10.4. The van der Waals surface area contributed by atoms with Gasteiger partial charge in [-0.1, -0.05) is 30.3 Å². The molecule has 0 radical (unpaired) electrons. The predicted octanol–water partition coefficient (Wildman–Crippen LogP) is 3.40. The lowest BCUT2D eigenvalue weighted by Crippen LogP contribution is -2.07. The van der Waals surface area contributed by atoms with E-state index in [-0.39, 0.29) is 5.78 Å². The highest BCUT2D eigenvalue weighted by Crippen LogP contribution is 2.16. The zero-order chi connectivity index (χ0) is 17.6. The van der Waals surface area contributed by atoms with Gasteiger partial charge in [-0.2, -0.15) is 0 Å². The monoisotopic (exact) mass is 332 g/mol. The predicted molar refractivity (Wildman–Crippen MR) is 99.4 cm³/mol. The van der Waals surface area contributed by atoms with Crippen molar-refractivity contribution in [2.24, 2.45) is 0 Å². The molecule has 0 amide bonds. The first-order chi connectivity index (χ1) is 12.1. The molecule has 2 aromatic heterocycles. The number of pyridine rings is 2. The number of Topliss-reactive ketones (excluding diaryl/α,β-unsaturated/α-hetero) is 1. The summed E-state index contributed by atoms with van der Waals surface area (Å²) >= 11 is 0. The summed E-state index contributed by atoms with van der Waals surface area (Å²) in [6.45, 7) is 2.56. The molecule has 0 aliphatic rings. The number of aryl methyl sites for hydroxylation is 1. The van der Waals surface area contributed by atoms with Crippen molar-refractivity contribution < 1.29 is 4.79 Å². The second-order valence-corrected chi connectivity index (χ2v) is 5.93. The second kappa shape index (κ2) is 7.57. The molecule has 0 saturated carbocycles. The molecule has 0 aliphatic carbocycles. The van der Waals surface area contributed by atoms with Gasteiger partial charge in [0.15, 0.2) is 5.78 Å². The molecular weight excluding hydrogens is 312 g/mol. The minimum atomic E-state index is 0.0154. The van der Waals surface area contributed by atoms with Crippen molar-refractivity contribution in [3.8, 4) is 0 Å². The van der Waals surface area contributed by atoms with E-state index >= 15 is 0 Å². The lowest BCUT2D eigenvalue weighted by molar-refractivity contribution is 0.0988. The summed E-state index contributed by atoms with van der Waals surface area (Å²) in [5, 5.41) is 3.26. The molecular formula is C20H20N4O. The van der Waals surface area contributed by atoms with Gasteiger partial charge in [0.05, 0.1) is 5.69 Å². The van der Waals surface area contributed by atoms with E-state index in [1.807, 2.05) is 49.4 Å². The van der Waals surface area contributed by atoms with E-state index in [0.717, 1.165) is 22.4 Å². The number of nitrogen functional groups attached to an aromatic ring is 1. The van der Waals surface area contributed by atoms with Gasteiger partial charge in [-0.15, -0.1) is 0 Å². The Morgan fingerprint density at radius 3 is 2.68 bits per heavy atom. The zero-order valence-corrected chi connectivity index (χ0v) is 14.1. The number of benzene rings is 1. The maximum Gasteiger partial charge on any atom is 0.185 e. The second-order valence-electron chi connectivity index (χ2n) is 5.93.